The number of alkyl halides is 6. The first-order valence-corrected chi connectivity index (χ1v) is 9.54. The standard InChI is InChI=1S/C22H22F6O/c1-14-2-4-15(5-3-14)16-6-8-17(9-7-16)18-10-12-19(13-11-18)29-22(27,28)20(23)21(24,25)26/h6-15,20H,2-5H2,1H3. The number of rotatable bonds is 5. The molecule has 2 aromatic rings. The zero-order valence-electron chi connectivity index (χ0n) is 15.9. The van der Waals surface area contributed by atoms with Crippen LogP contribution in [0.3, 0.4) is 0 Å². The summed E-state index contributed by atoms with van der Waals surface area (Å²) in [6.07, 6.45) is -10.4. The molecule has 0 bridgehead atoms. The first kappa shape index (κ1) is 21.5. The highest BCUT2D eigenvalue weighted by molar-refractivity contribution is 5.64. The van der Waals surface area contributed by atoms with E-state index in [9.17, 15) is 26.3 Å². The Labute approximate surface area is 165 Å². The van der Waals surface area contributed by atoms with Crippen LogP contribution >= 0.6 is 0 Å². The van der Waals surface area contributed by atoms with E-state index in [2.05, 4.69) is 11.7 Å². The predicted molar refractivity (Wildman–Crippen MR) is 98.8 cm³/mol. The van der Waals surface area contributed by atoms with Crippen LogP contribution in [0.4, 0.5) is 26.3 Å². The Hall–Kier alpha value is -2.18. The van der Waals surface area contributed by atoms with E-state index in [1.165, 1.54) is 30.5 Å². The van der Waals surface area contributed by atoms with Crippen LogP contribution in [0.25, 0.3) is 11.1 Å². The van der Waals surface area contributed by atoms with Crippen LogP contribution in [0, 0.1) is 5.92 Å². The molecule has 0 radical (unpaired) electrons. The van der Waals surface area contributed by atoms with Gasteiger partial charge in [-0.25, -0.2) is 4.39 Å². The van der Waals surface area contributed by atoms with Gasteiger partial charge in [-0.2, -0.15) is 22.0 Å². The summed E-state index contributed by atoms with van der Waals surface area (Å²) in [6, 6.07) is 13.0. The van der Waals surface area contributed by atoms with Crippen molar-refractivity contribution in [3.05, 3.63) is 54.1 Å². The fourth-order valence-electron chi connectivity index (χ4n) is 3.66. The van der Waals surface area contributed by atoms with Crippen LogP contribution in [0.5, 0.6) is 5.75 Å². The normalized spacial score (nSPS) is 21.6. The third kappa shape index (κ3) is 5.25. The second kappa shape index (κ2) is 8.28. The molecule has 0 saturated heterocycles. The number of hydrogen-bond acceptors (Lipinski definition) is 1. The van der Waals surface area contributed by atoms with E-state index in [0.717, 1.165) is 36.5 Å². The van der Waals surface area contributed by atoms with Crippen molar-refractivity contribution >= 4 is 0 Å². The zero-order chi connectivity index (χ0) is 21.2. The fourth-order valence-corrected chi connectivity index (χ4v) is 3.66. The Morgan fingerprint density at radius 1 is 0.793 bits per heavy atom. The van der Waals surface area contributed by atoms with Gasteiger partial charge in [-0.05, 0) is 53.5 Å². The van der Waals surface area contributed by atoms with Gasteiger partial charge in [-0.3, -0.25) is 0 Å². The Balaban J connectivity index is 1.67. The van der Waals surface area contributed by atoms with Crippen LogP contribution in [0.15, 0.2) is 48.5 Å². The van der Waals surface area contributed by atoms with E-state index in [0.29, 0.717) is 11.5 Å². The van der Waals surface area contributed by atoms with E-state index in [1.54, 1.807) is 0 Å². The van der Waals surface area contributed by atoms with Crippen molar-refractivity contribution in [2.24, 2.45) is 5.92 Å². The highest BCUT2D eigenvalue weighted by atomic mass is 19.4. The maximum atomic E-state index is 13.4. The largest absolute Gasteiger partial charge is 0.439 e. The maximum absolute atomic E-state index is 13.4. The summed E-state index contributed by atoms with van der Waals surface area (Å²) >= 11 is 0. The minimum atomic E-state index is -5.71. The summed E-state index contributed by atoms with van der Waals surface area (Å²) in [7, 11) is 0. The Kier molecular flexibility index (Phi) is 6.15. The minimum Gasteiger partial charge on any atom is -0.430 e. The zero-order valence-corrected chi connectivity index (χ0v) is 15.9. The maximum Gasteiger partial charge on any atom is 0.439 e. The topological polar surface area (TPSA) is 9.23 Å². The minimum absolute atomic E-state index is 0.542. The molecule has 7 heteroatoms. The van der Waals surface area contributed by atoms with E-state index < -0.39 is 24.2 Å². The molecule has 0 amide bonds. The van der Waals surface area contributed by atoms with E-state index in [4.69, 9.17) is 0 Å². The molecule has 3 rings (SSSR count). The molecule has 0 aliphatic heterocycles. The van der Waals surface area contributed by atoms with Crippen molar-refractivity contribution in [2.45, 2.75) is 57.0 Å². The molecule has 1 atom stereocenters. The lowest BCUT2D eigenvalue weighted by Crippen LogP contribution is -2.45. The third-order valence-electron chi connectivity index (χ3n) is 5.42. The average molecular weight is 416 g/mol. The Morgan fingerprint density at radius 3 is 1.76 bits per heavy atom. The smallest absolute Gasteiger partial charge is 0.430 e. The Morgan fingerprint density at radius 2 is 1.28 bits per heavy atom. The monoisotopic (exact) mass is 416 g/mol. The summed E-state index contributed by atoms with van der Waals surface area (Å²) in [4.78, 5) is 0. The van der Waals surface area contributed by atoms with E-state index >= 15 is 0 Å². The second-order valence-corrected chi connectivity index (χ2v) is 7.67. The van der Waals surface area contributed by atoms with Crippen LogP contribution < -0.4 is 4.74 Å². The van der Waals surface area contributed by atoms with Crippen molar-refractivity contribution in [1.82, 2.24) is 0 Å². The molecular weight excluding hydrogens is 394 g/mol. The molecule has 0 spiro atoms. The molecule has 1 saturated carbocycles. The van der Waals surface area contributed by atoms with Gasteiger partial charge in [0.1, 0.15) is 5.75 Å². The summed E-state index contributed by atoms with van der Waals surface area (Å²) < 4.78 is 80.1. The van der Waals surface area contributed by atoms with Crippen molar-refractivity contribution in [2.75, 3.05) is 0 Å². The molecule has 0 aromatic heterocycles. The van der Waals surface area contributed by atoms with Gasteiger partial charge in [0.25, 0.3) is 6.17 Å². The number of hydrogen-bond donors (Lipinski definition) is 0. The van der Waals surface area contributed by atoms with Gasteiger partial charge in [0.15, 0.2) is 0 Å². The van der Waals surface area contributed by atoms with Crippen molar-refractivity contribution in [3.8, 4) is 16.9 Å². The lowest BCUT2D eigenvalue weighted by molar-refractivity contribution is -0.304. The van der Waals surface area contributed by atoms with Gasteiger partial charge in [-0.15, -0.1) is 0 Å². The molecule has 1 aliphatic rings. The van der Waals surface area contributed by atoms with Crippen molar-refractivity contribution in [3.63, 3.8) is 0 Å². The predicted octanol–water partition coefficient (Wildman–Crippen LogP) is 7.52. The highest BCUT2D eigenvalue weighted by Gasteiger charge is 2.59. The first-order chi connectivity index (χ1) is 13.6. The average Bonchev–Trinajstić information content (AvgIpc) is 2.68. The molecule has 0 N–H and O–H groups in total. The van der Waals surface area contributed by atoms with Crippen LogP contribution in [0.1, 0.15) is 44.1 Å². The molecule has 1 fully saturated rings. The first-order valence-electron chi connectivity index (χ1n) is 9.54. The summed E-state index contributed by atoms with van der Waals surface area (Å²) in [5.74, 6) is 0.765. The Bertz CT molecular complexity index is 790. The van der Waals surface area contributed by atoms with E-state index in [-0.39, 0.29) is 0 Å². The fraction of sp³-hybridized carbons (Fsp3) is 0.455. The molecular formula is C22H22F6O. The number of benzene rings is 2. The number of ether oxygens (including phenoxy) is 1. The van der Waals surface area contributed by atoms with Gasteiger partial charge >= 0.3 is 12.3 Å². The van der Waals surface area contributed by atoms with Crippen molar-refractivity contribution in [1.29, 1.82) is 0 Å². The molecule has 2 aromatic carbocycles. The van der Waals surface area contributed by atoms with Gasteiger partial charge in [0.05, 0.1) is 0 Å². The van der Waals surface area contributed by atoms with Gasteiger partial charge in [0.2, 0.25) is 0 Å². The van der Waals surface area contributed by atoms with Gasteiger partial charge in [-0.1, -0.05) is 56.2 Å². The van der Waals surface area contributed by atoms with E-state index in [1.807, 2.05) is 24.3 Å². The van der Waals surface area contributed by atoms with Gasteiger partial charge in [0, 0.05) is 0 Å². The third-order valence-corrected chi connectivity index (χ3v) is 5.42. The molecule has 0 heterocycles. The van der Waals surface area contributed by atoms with Crippen LogP contribution in [0.2, 0.25) is 0 Å². The summed E-state index contributed by atoms with van der Waals surface area (Å²) in [5, 5.41) is 0. The second-order valence-electron chi connectivity index (χ2n) is 7.67. The lowest BCUT2D eigenvalue weighted by atomic mass is 9.79. The summed E-state index contributed by atoms with van der Waals surface area (Å²) in [6.45, 7) is 2.26. The molecule has 1 nitrogen and oxygen atoms in total. The summed E-state index contributed by atoms with van der Waals surface area (Å²) in [5.41, 5.74) is 2.80. The van der Waals surface area contributed by atoms with Crippen molar-refractivity contribution < 1.29 is 31.1 Å². The molecule has 158 valence electrons. The molecule has 29 heavy (non-hydrogen) atoms. The number of halogens is 6. The van der Waals surface area contributed by atoms with Gasteiger partial charge < -0.3 is 4.74 Å². The quantitative estimate of drug-likeness (QED) is 0.458. The van der Waals surface area contributed by atoms with Crippen LogP contribution in [-0.4, -0.2) is 18.5 Å². The molecule has 1 unspecified atom stereocenters. The molecule has 1 aliphatic carbocycles. The SMILES string of the molecule is CC1CCC(c2ccc(-c3ccc(OC(F)(F)C(F)C(F)(F)F)cc3)cc2)CC1. The lowest BCUT2D eigenvalue weighted by Gasteiger charge is -2.26. The van der Waals surface area contributed by atoms with Crippen LogP contribution in [-0.2, 0) is 0 Å². The highest BCUT2D eigenvalue weighted by Crippen LogP contribution is 2.38.